The lowest BCUT2D eigenvalue weighted by Crippen LogP contribution is -2.48. The lowest BCUT2D eigenvalue weighted by atomic mass is 9.98. The van der Waals surface area contributed by atoms with E-state index in [1.807, 2.05) is 48.5 Å². The maximum Gasteiger partial charge on any atom is 0.407 e. The van der Waals surface area contributed by atoms with Crippen LogP contribution in [0, 0.1) is 0 Å². The van der Waals surface area contributed by atoms with Gasteiger partial charge in [0, 0.05) is 18.9 Å². The minimum atomic E-state index is -1.26. The van der Waals surface area contributed by atoms with E-state index in [4.69, 9.17) is 4.74 Å². The number of hydrogen-bond donors (Lipinski definition) is 3. The van der Waals surface area contributed by atoms with Gasteiger partial charge in [-0.3, -0.25) is 4.79 Å². The second kappa shape index (κ2) is 12.0. The van der Waals surface area contributed by atoms with Crippen molar-refractivity contribution in [2.24, 2.45) is 0 Å². The molecule has 0 saturated heterocycles. The first-order valence-electron chi connectivity index (χ1n) is 11.6. The Kier molecular flexibility index (Phi) is 8.87. The molecule has 1 aliphatic rings. The van der Waals surface area contributed by atoms with Crippen LogP contribution in [-0.2, 0) is 14.3 Å². The van der Waals surface area contributed by atoms with Gasteiger partial charge in [0.05, 0.1) is 0 Å². The second-order valence-corrected chi connectivity index (χ2v) is 8.33. The molecule has 0 aliphatic heterocycles. The van der Waals surface area contributed by atoms with Gasteiger partial charge in [-0.25, -0.2) is 9.59 Å². The van der Waals surface area contributed by atoms with Crippen LogP contribution in [0.3, 0.4) is 0 Å². The summed E-state index contributed by atoms with van der Waals surface area (Å²) < 4.78 is 5.40. The predicted octanol–water partition coefficient (Wildman–Crippen LogP) is 4.46. The third kappa shape index (κ3) is 6.57. The summed E-state index contributed by atoms with van der Waals surface area (Å²) in [5.74, 6) is -1.56. The van der Waals surface area contributed by atoms with Gasteiger partial charge in [-0.05, 0) is 28.7 Å². The molecule has 0 heterocycles. The Hall–Kier alpha value is -3.35. The molecule has 0 fully saturated rings. The zero-order valence-corrected chi connectivity index (χ0v) is 19.0. The van der Waals surface area contributed by atoms with E-state index in [0.29, 0.717) is 6.42 Å². The molecule has 1 atom stereocenters. The number of carboxylic acid groups (broad SMARTS) is 1. The molecule has 2 amide bonds. The molecular formula is C26H32N2O5. The van der Waals surface area contributed by atoms with Crippen molar-refractivity contribution in [2.75, 3.05) is 13.2 Å². The van der Waals surface area contributed by atoms with Crippen LogP contribution < -0.4 is 10.6 Å². The first-order valence-corrected chi connectivity index (χ1v) is 11.6. The van der Waals surface area contributed by atoms with E-state index >= 15 is 0 Å². The third-order valence-corrected chi connectivity index (χ3v) is 5.94. The Morgan fingerprint density at radius 3 is 2.15 bits per heavy atom. The zero-order valence-electron chi connectivity index (χ0n) is 19.0. The first-order chi connectivity index (χ1) is 16.0. The van der Waals surface area contributed by atoms with Crippen molar-refractivity contribution in [3.05, 3.63) is 59.7 Å². The molecule has 7 nitrogen and oxygen atoms in total. The average Bonchev–Trinajstić information content (AvgIpc) is 3.14. The Bertz CT molecular complexity index is 929. The minimum absolute atomic E-state index is 0.0936. The Morgan fingerprint density at radius 1 is 0.939 bits per heavy atom. The van der Waals surface area contributed by atoms with Crippen molar-refractivity contribution in [1.82, 2.24) is 10.6 Å². The van der Waals surface area contributed by atoms with E-state index in [1.165, 1.54) is 0 Å². The molecule has 7 heteroatoms. The van der Waals surface area contributed by atoms with E-state index in [2.05, 4.69) is 17.6 Å². The minimum Gasteiger partial charge on any atom is -0.480 e. The molecule has 0 aromatic heterocycles. The van der Waals surface area contributed by atoms with Gasteiger partial charge in [-0.15, -0.1) is 0 Å². The van der Waals surface area contributed by atoms with Gasteiger partial charge in [-0.2, -0.15) is 0 Å². The highest BCUT2D eigenvalue weighted by Crippen LogP contribution is 2.44. The topological polar surface area (TPSA) is 105 Å². The van der Waals surface area contributed by atoms with Crippen molar-refractivity contribution < 1.29 is 24.2 Å². The van der Waals surface area contributed by atoms with Crippen LogP contribution in [0.25, 0.3) is 11.1 Å². The quantitative estimate of drug-likeness (QED) is 0.413. The van der Waals surface area contributed by atoms with Crippen LogP contribution >= 0.6 is 0 Å². The first kappa shape index (κ1) is 24.3. The molecule has 0 saturated carbocycles. The number of rotatable bonds is 12. The molecule has 0 bridgehead atoms. The molecule has 33 heavy (non-hydrogen) atoms. The largest absolute Gasteiger partial charge is 0.480 e. The number of amides is 2. The molecule has 1 aliphatic carbocycles. The van der Waals surface area contributed by atoms with Crippen molar-refractivity contribution >= 4 is 18.0 Å². The van der Waals surface area contributed by atoms with Gasteiger partial charge < -0.3 is 20.5 Å². The fourth-order valence-electron chi connectivity index (χ4n) is 4.18. The Labute approximate surface area is 194 Å². The average molecular weight is 453 g/mol. The summed E-state index contributed by atoms with van der Waals surface area (Å²) in [6.45, 7) is 2.03. The Balaban J connectivity index is 1.49. The lowest BCUT2D eigenvalue weighted by Gasteiger charge is -2.18. The van der Waals surface area contributed by atoms with Gasteiger partial charge in [-0.1, -0.05) is 81.1 Å². The summed E-state index contributed by atoms with van der Waals surface area (Å²) in [4.78, 5) is 35.9. The van der Waals surface area contributed by atoms with Crippen LogP contribution in [0.4, 0.5) is 4.79 Å². The van der Waals surface area contributed by atoms with Crippen molar-refractivity contribution in [1.29, 1.82) is 0 Å². The summed E-state index contributed by atoms with van der Waals surface area (Å²) in [7, 11) is 0. The number of aliphatic carboxylic acids is 1. The monoisotopic (exact) mass is 452 g/mol. The third-order valence-electron chi connectivity index (χ3n) is 5.94. The number of alkyl carbamates (subject to hydrolysis) is 1. The molecule has 0 unspecified atom stereocenters. The summed E-state index contributed by atoms with van der Waals surface area (Å²) in [5.41, 5.74) is 4.38. The van der Waals surface area contributed by atoms with Crippen molar-refractivity contribution in [3.8, 4) is 11.1 Å². The van der Waals surface area contributed by atoms with Gasteiger partial charge in [0.2, 0.25) is 5.91 Å². The van der Waals surface area contributed by atoms with Crippen molar-refractivity contribution in [3.63, 3.8) is 0 Å². The molecule has 176 valence electrons. The van der Waals surface area contributed by atoms with Crippen LogP contribution in [0.2, 0.25) is 0 Å². The molecule has 0 radical (unpaired) electrons. The smallest absolute Gasteiger partial charge is 0.407 e. The number of nitrogens with one attached hydrogen (secondary N) is 2. The molecule has 3 rings (SSSR count). The Morgan fingerprint density at radius 2 is 1.55 bits per heavy atom. The van der Waals surface area contributed by atoms with Crippen LogP contribution in [0.1, 0.15) is 62.5 Å². The van der Waals surface area contributed by atoms with Crippen LogP contribution in [0.15, 0.2) is 48.5 Å². The number of ether oxygens (including phenoxy) is 1. The number of benzene rings is 2. The number of carbonyl (C=O) groups excluding carboxylic acids is 2. The zero-order chi connectivity index (χ0) is 23.6. The highest BCUT2D eigenvalue weighted by molar-refractivity contribution is 5.82. The van der Waals surface area contributed by atoms with Crippen LogP contribution in [0.5, 0.6) is 0 Å². The maximum absolute atomic E-state index is 12.3. The predicted molar refractivity (Wildman–Crippen MR) is 126 cm³/mol. The van der Waals surface area contributed by atoms with Crippen LogP contribution in [-0.4, -0.2) is 42.3 Å². The number of carbonyl (C=O) groups is 3. The molecule has 3 N–H and O–H groups in total. The van der Waals surface area contributed by atoms with E-state index in [-0.39, 0.29) is 25.0 Å². The van der Waals surface area contributed by atoms with E-state index in [1.54, 1.807) is 0 Å². The van der Waals surface area contributed by atoms with Gasteiger partial charge in [0.25, 0.3) is 0 Å². The summed E-state index contributed by atoms with van der Waals surface area (Å²) in [6.07, 6.45) is 4.63. The second-order valence-electron chi connectivity index (χ2n) is 8.33. The molecule has 2 aromatic rings. The summed E-state index contributed by atoms with van der Waals surface area (Å²) in [6, 6.07) is 14.7. The molecular weight excluding hydrogens is 420 g/mol. The number of fused-ring (bicyclic) bond motifs is 3. The van der Waals surface area contributed by atoms with Crippen molar-refractivity contribution in [2.45, 2.75) is 57.4 Å². The van der Waals surface area contributed by atoms with Gasteiger partial charge >= 0.3 is 12.1 Å². The normalized spacial score (nSPS) is 13.0. The SMILES string of the molecule is CCCCCCCC(=O)NC[C@@H](NC(=O)OCC1c2ccccc2-c2ccccc21)C(=O)O. The molecule has 0 spiro atoms. The van der Waals surface area contributed by atoms with E-state index in [9.17, 15) is 19.5 Å². The summed E-state index contributed by atoms with van der Waals surface area (Å²) in [5, 5.41) is 14.4. The fourth-order valence-corrected chi connectivity index (χ4v) is 4.18. The number of hydrogen-bond acceptors (Lipinski definition) is 4. The fraction of sp³-hybridized carbons (Fsp3) is 0.423. The van der Waals surface area contributed by atoms with Gasteiger partial charge in [0.15, 0.2) is 0 Å². The lowest BCUT2D eigenvalue weighted by molar-refractivity contribution is -0.139. The summed E-state index contributed by atoms with van der Waals surface area (Å²) >= 11 is 0. The maximum atomic E-state index is 12.3. The highest BCUT2D eigenvalue weighted by atomic mass is 16.5. The number of unbranched alkanes of at least 4 members (excludes halogenated alkanes) is 4. The van der Waals surface area contributed by atoms with E-state index in [0.717, 1.165) is 54.4 Å². The number of carboxylic acids is 1. The molecule has 2 aromatic carbocycles. The van der Waals surface area contributed by atoms with E-state index < -0.39 is 18.1 Å². The standard InChI is InChI=1S/C26H32N2O5/c1-2-3-4-5-6-15-24(29)27-16-23(25(30)31)28-26(32)33-17-22-20-13-9-7-11-18(20)19-12-8-10-14-21(19)22/h7-14,22-23H,2-6,15-17H2,1H3,(H,27,29)(H,28,32)(H,30,31)/t23-/m1/s1. The van der Waals surface area contributed by atoms with Gasteiger partial charge in [0.1, 0.15) is 12.6 Å². The highest BCUT2D eigenvalue weighted by Gasteiger charge is 2.29.